The fourth-order valence-corrected chi connectivity index (χ4v) is 2.04. The zero-order valence-electron chi connectivity index (χ0n) is 9.09. The molecule has 0 spiro atoms. The maximum Gasteiger partial charge on any atom is 0.322 e. The third kappa shape index (κ3) is 4.12. The minimum Gasteiger partial charge on any atom is -0.449 e. The lowest BCUT2D eigenvalue weighted by atomic mass is 10.4. The fraction of sp³-hybridized carbons (Fsp3) is 0.200. The van der Waals surface area contributed by atoms with Gasteiger partial charge in [-0.05, 0) is 18.2 Å². The summed E-state index contributed by atoms with van der Waals surface area (Å²) in [6.45, 7) is -1.08. The summed E-state index contributed by atoms with van der Waals surface area (Å²) >= 11 is 0. The first-order chi connectivity index (χ1) is 8.45. The number of sulfonamides is 1. The van der Waals surface area contributed by atoms with Crippen molar-refractivity contribution in [3.63, 3.8) is 0 Å². The highest BCUT2D eigenvalue weighted by Gasteiger charge is 2.16. The minimum absolute atomic E-state index is 0.296. The number of carbonyl (C=O) groups is 1. The molecule has 0 aliphatic rings. The standard InChI is InChI=1S/C10H9FN2O4S/c11-8-2-1-3-9(6-8)18(15,16)13-7-10(14)17-5-4-12/h1-3,6,13H,5,7H2. The molecule has 0 fully saturated rings. The molecule has 96 valence electrons. The quantitative estimate of drug-likeness (QED) is 0.771. The van der Waals surface area contributed by atoms with Gasteiger partial charge >= 0.3 is 5.97 Å². The van der Waals surface area contributed by atoms with Gasteiger partial charge in [0.15, 0.2) is 6.61 Å². The number of benzene rings is 1. The summed E-state index contributed by atoms with van der Waals surface area (Å²) in [5, 5.41) is 8.14. The van der Waals surface area contributed by atoms with E-state index in [0.717, 1.165) is 12.1 Å². The Morgan fingerprint density at radius 2 is 2.22 bits per heavy atom. The minimum atomic E-state index is -3.98. The van der Waals surface area contributed by atoms with Crippen LogP contribution in [-0.4, -0.2) is 27.5 Å². The molecule has 0 aliphatic heterocycles. The topological polar surface area (TPSA) is 96.3 Å². The largest absolute Gasteiger partial charge is 0.449 e. The molecule has 8 heteroatoms. The average Bonchev–Trinajstić information content (AvgIpc) is 2.34. The van der Waals surface area contributed by atoms with Crippen LogP contribution in [0, 0.1) is 17.1 Å². The molecule has 0 radical (unpaired) electrons. The third-order valence-electron chi connectivity index (χ3n) is 1.81. The first kappa shape index (κ1) is 14.1. The first-order valence-electron chi connectivity index (χ1n) is 4.73. The maximum atomic E-state index is 12.8. The first-order valence-corrected chi connectivity index (χ1v) is 6.22. The van der Waals surface area contributed by atoms with Crippen molar-refractivity contribution in [2.24, 2.45) is 0 Å². The molecule has 0 saturated carbocycles. The Morgan fingerprint density at radius 1 is 1.50 bits per heavy atom. The lowest BCUT2D eigenvalue weighted by molar-refractivity contribution is -0.140. The molecule has 1 N–H and O–H groups in total. The summed E-state index contributed by atoms with van der Waals surface area (Å²) in [6.07, 6.45) is 0. The predicted octanol–water partition coefficient (Wildman–Crippen LogP) is 0.171. The van der Waals surface area contributed by atoms with Crippen molar-refractivity contribution in [1.29, 1.82) is 5.26 Å². The average molecular weight is 272 g/mol. The zero-order valence-corrected chi connectivity index (χ0v) is 9.91. The van der Waals surface area contributed by atoms with Crippen LogP contribution in [0.4, 0.5) is 4.39 Å². The van der Waals surface area contributed by atoms with Crippen LogP contribution < -0.4 is 4.72 Å². The van der Waals surface area contributed by atoms with Gasteiger partial charge in [0, 0.05) is 0 Å². The van der Waals surface area contributed by atoms with Crippen molar-refractivity contribution in [2.45, 2.75) is 4.90 Å². The van der Waals surface area contributed by atoms with Crippen molar-refractivity contribution in [2.75, 3.05) is 13.2 Å². The number of nitrogens with one attached hydrogen (secondary N) is 1. The maximum absolute atomic E-state index is 12.8. The van der Waals surface area contributed by atoms with E-state index in [-0.39, 0.29) is 4.90 Å². The van der Waals surface area contributed by atoms with Gasteiger partial charge in [0.2, 0.25) is 10.0 Å². The van der Waals surface area contributed by atoms with Crippen molar-refractivity contribution >= 4 is 16.0 Å². The zero-order chi connectivity index (χ0) is 13.6. The second kappa shape index (κ2) is 6.09. The van der Waals surface area contributed by atoms with Crippen molar-refractivity contribution in [1.82, 2.24) is 4.72 Å². The van der Waals surface area contributed by atoms with Crippen molar-refractivity contribution < 1.29 is 22.3 Å². The van der Waals surface area contributed by atoms with E-state index < -0.39 is 35.0 Å². The molecule has 1 aromatic rings. The van der Waals surface area contributed by atoms with Gasteiger partial charge in [-0.1, -0.05) is 6.07 Å². The Labute approximate surface area is 103 Å². The molecule has 0 atom stereocenters. The second-order valence-electron chi connectivity index (χ2n) is 3.10. The number of carbonyl (C=O) groups excluding carboxylic acids is 1. The number of rotatable bonds is 5. The van der Waals surface area contributed by atoms with Crippen molar-refractivity contribution in [3.05, 3.63) is 30.1 Å². The smallest absolute Gasteiger partial charge is 0.322 e. The molecule has 0 heterocycles. The number of nitrogens with zero attached hydrogens (tertiary/aromatic N) is 1. The van der Waals surface area contributed by atoms with Crippen LogP contribution in [0.1, 0.15) is 0 Å². The van der Waals surface area contributed by atoms with E-state index in [1.54, 1.807) is 6.07 Å². The van der Waals surface area contributed by atoms with Crippen LogP contribution in [0.15, 0.2) is 29.2 Å². The number of hydrogen-bond donors (Lipinski definition) is 1. The number of esters is 1. The molecule has 0 aliphatic carbocycles. The molecule has 0 saturated heterocycles. The van der Waals surface area contributed by atoms with Crippen LogP contribution in [-0.2, 0) is 19.6 Å². The molecule has 6 nitrogen and oxygen atoms in total. The molecule has 0 amide bonds. The molecular formula is C10H9FN2O4S. The lowest BCUT2D eigenvalue weighted by Crippen LogP contribution is -2.30. The summed E-state index contributed by atoms with van der Waals surface area (Å²) < 4.78 is 42.3. The summed E-state index contributed by atoms with van der Waals surface area (Å²) in [4.78, 5) is 10.7. The number of halogens is 1. The van der Waals surface area contributed by atoms with E-state index in [2.05, 4.69) is 4.74 Å². The number of ether oxygens (including phenoxy) is 1. The van der Waals surface area contributed by atoms with Crippen molar-refractivity contribution in [3.8, 4) is 6.07 Å². The molecule has 0 aromatic heterocycles. The van der Waals surface area contributed by atoms with E-state index in [4.69, 9.17) is 5.26 Å². The SMILES string of the molecule is N#CCOC(=O)CNS(=O)(=O)c1cccc(F)c1. The molecule has 18 heavy (non-hydrogen) atoms. The van der Waals surface area contributed by atoms with E-state index in [9.17, 15) is 17.6 Å². The van der Waals surface area contributed by atoms with E-state index in [0.29, 0.717) is 0 Å². The molecule has 0 bridgehead atoms. The molecule has 0 unspecified atom stereocenters. The highest BCUT2D eigenvalue weighted by Crippen LogP contribution is 2.09. The van der Waals surface area contributed by atoms with Gasteiger partial charge in [-0.15, -0.1) is 0 Å². The van der Waals surface area contributed by atoms with Gasteiger partial charge < -0.3 is 4.74 Å². The van der Waals surface area contributed by atoms with Gasteiger partial charge in [-0.2, -0.15) is 9.98 Å². The Morgan fingerprint density at radius 3 is 2.83 bits per heavy atom. The Hall–Kier alpha value is -1.98. The summed E-state index contributed by atoms with van der Waals surface area (Å²) in [5.41, 5.74) is 0. The normalized spacial score (nSPS) is 10.7. The Kier molecular flexibility index (Phi) is 4.76. The number of hydrogen-bond acceptors (Lipinski definition) is 5. The monoisotopic (exact) mass is 272 g/mol. The van der Waals surface area contributed by atoms with E-state index in [1.165, 1.54) is 12.1 Å². The molecular weight excluding hydrogens is 263 g/mol. The van der Waals surface area contributed by atoms with Gasteiger partial charge in [0.25, 0.3) is 0 Å². The summed E-state index contributed by atoms with van der Waals surface area (Å²) in [7, 11) is -3.98. The van der Waals surface area contributed by atoms with Gasteiger partial charge in [0.1, 0.15) is 18.4 Å². The lowest BCUT2D eigenvalue weighted by Gasteiger charge is -2.05. The summed E-state index contributed by atoms with van der Waals surface area (Å²) in [6, 6.07) is 5.91. The highest BCUT2D eigenvalue weighted by atomic mass is 32.2. The second-order valence-corrected chi connectivity index (χ2v) is 4.87. The van der Waals surface area contributed by atoms with E-state index >= 15 is 0 Å². The summed E-state index contributed by atoms with van der Waals surface area (Å²) in [5.74, 6) is -1.60. The van der Waals surface area contributed by atoms with Gasteiger partial charge in [-0.3, -0.25) is 4.79 Å². The third-order valence-corrected chi connectivity index (χ3v) is 3.21. The van der Waals surface area contributed by atoms with Gasteiger partial charge in [-0.25, -0.2) is 12.8 Å². The van der Waals surface area contributed by atoms with Crippen LogP contribution in [0.3, 0.4) is 0 Å². The van der Waals surface area contributed by atoms with Crippen LogP contribution in [0.5, 0.6) is 0 Å². The molecule has 1 rings (SSSR count). The Bertz CT molecular complexity index is 580. The highest BCUT2D eigenvalue weighted by molar-refractivity contribution is 7.89. The van der Waals surface area contributed by atoms with Crippen LogP contribution in [0.25, 0.3) is 0 Å². The van der Waals surface area contributed by atoms with E-state index in [1.807, 2.05) is 4.72 Å². The van der Waals surface area contributed by atoms with Crippen LogP contribution in [0.2, 0.25) is 0 Å². The van der Waals surface area contributed by atoms with Gasteiger partial charge in [0.05, 0.1) is 4.90 Å². The molecule has 1 aromatic carbocycles. The fourth-order valence-electron chi connectivity index (χ4n) is 1.04. The van der Waals surface area contributed by atoms with Crippen LogP contribution >= 0.6 is 0 Å². The number of nitriles is 1. The Balaban J connectivity index is 2.66. The predicted molar refractivity (Wildman–Crippen MR) is 58.2 cm³/mol.